The average molecular weight is 131 g/mol. The lowest BCUT2D eigenvalue weighted by atomic mass is 10.1. The van der Waals surface area contributed by atoms with Gasteiger partial charge in [0, 0.05) is 13.1 Å². The second-order valence-corrected chi connectivity index (χ2v) is 2.97. The van der Waals surface area contributed by atoms with Crippen LogP contribution in [0.2, 0.25) is 0 Å². The molecule has 0 aromatic carbocycles. The normalized spacial score (nSPS) is 32.0. The second kappa shape index (κ2) is 3.16. The van der Waals surface area contributed by atoms with Crippen LogP contribution in [-0.4, -0.2) is 18.2 Å². The minimum atomic E-state index is 0.553. The van der Waals surface area contributed by atoms with E-state index in [0.717, 1.165) is 11.5 Å². The summed E-state index contributed by atoms with van der Waals surface area (Å²) in [4.78, 5) is 0. The van der Waals surface area contributed by atoms with Crippen LogP contribution in [0.4, 0.5) is 4.48 Å². The molecule has 0 aliphatic carbocycles. The molecule has 0 saturated carbocycles. The molecule has 1 saturated heterocycles. The van der Waals surface area contributed by atoms with Crippen LogP contribution in [0.25, 0.3) is 0 Å². The van der Waals surface area contributed by atoms with E-state index in [-0.39, 0.29) is 0 Å². The van der Waals surface area contributed by atoms with Gasteiger partial charge in [-0.3, -0.25) is 0 Å². The highest BCUT2D eigenvalue weighted by Gasteiger charge is 2.12. The summed E-state index contributed by atoms with van der Waals surface area (Å²) in [6.07, 6.45) is 3.42. The van der Waals surface area contributed by atoms with Crippen LogP contribution in [0.5, 0.6) is 0 Å². The molecule has 1 nitrogen and oxygen atoms in total. The topological polar surface area (TPSA) is 3.24 Å². The quantitative estimate of drug-likeness (QED) is 0.454. The van der Waals surface area contributed by atoms with E-state index in [1.54, 1.807) is 0 Å². The van der Waals surface area contributed by atoms with Gasteiger partial charge < -0.3 is 0 Å². The molecule has 1 rings (SSSR count). The van der Waals surface area contributed by atoms with E-state index in [0.29, 0.717) is 19.0 Å². The van der Waals surface area contributed by atoms with Crippen molar-refractivity contribution in [1.29, 1.82) is 0 Å². The van der Waals surface area contributed by atoms with Gasteiger partial charge in [-0.05, 0) is 18.8 Å². The highest BCUT2D eigenvalue weighted by atomic mass is 19.2. The first kappa shape index (κ1) is 7.00. The molecule has 0 aromatic heterocycles. The Morgan fingerprint density at radius 3 is 3.00 bits per heavy atom. The lowest BCUT2D eigenvalue weighted by molar-refractivity contribution is 0.0188. The summed E-state index contributed by atoms with van der Waals surface area (Å²) in [5, 5.41) is 0.942. The number of hydrogen-bond acceptors (Lipinski definition) is 1. The van der Waals surface area contributed by atoms with Gasteiger partial charge in [0.05, 0.1) is 0 Å². The lowest BCUT2D eigenvalue weighted by Crippen LogP contribution is -2.18. The van der Waals surface area contributed by atoms with Crippen molar-refractivity contribution in [3.63, 3.8) is 0 Å². The molecule has 0 amide bonds. The zero-order chi connectivity index (χ0) is 6.69. The highest BCUT2D eigenvalue weighted by molar-refractivity contribution is 4.61. The molecule has 1 aliphatic heterocycles. The van der Waals surface area contributed by atoms with E-state index in [4.69, 9.17) is 0 Å². The Kier molecular flexibility index (Phi) is 2.46. The van der Waals surface area contributed by atoms with Crippen molar-refractivity contribution in [2.75, 3.05) is 13.1 Å². The van der Waals surface area contributed by atoms with Crippen LogP contribution >= 0.6 is 0 Å². The standard InChI is InChI=1S/C7H14FN/c1-7-4-2-3-5-9(8)6-7/h7H,2-6H2,1H3. The summed E-state index contributed by atoms with van der Waals surface area (Å²) in [5.74, 6) is 0.553. The summed E-state index contributed by atoms with van der Waals surface area (Å²) in [6, 6.07) is 0. The molecule has 0 N–H and O–H groups in total. The largest absolute Gasteiger partial charge is 0.146 e. The molecule has 9 heavy (non-hydrogen) atoms. The third-order valence-corrected chi connectivity index (χ3v) is 1.86. The van der Waals surface area contributed by atoms with Crippen LogP contribution < -0.4 is 0 Å². The first-order chi connectivity index (χ1) is 4.29. The summed E-state index contributed by atoms with van der Waals surface area (Å²) in [6.45, 7) is 3.39. The van der Waals surface area contributed by atoms with Crippen molar-refractivity contribution in [3.8, 4) is 0 Å². The zero-order valence-electron chi connectivity index (χ0n) is 5.94. The monoisotopic (exact) mass is 131 g/mol. The maximum absolute atomic E-state index is 12.5. The van der Waals surface area contributed by atoms with Gasteiger partial charge in [-0.1, -0.05) is 13.3 Å². The fraction of sp³-hybridized carbons (Fsp3) is 1.00. The summed E-state index contributed by atoms with van der Waals surface area (Å²) >= 11 is 0. The fourth-order valence-electron chi connectivity index (χ4n) is 1.30. The fourth-order valence-corrected chi connectivity index (χ4v) is 1.30. The molecule has 0 bridgehead atoms. The summed E-state index contributed by atoms with van der Waals surface area (Å²) < 4.78 is 12.5. The molecule has 1 atom stereocenters. The second-order valence-electron chi connectivity index (χ2n) is 2.97. The van der Waals surface area contributed by atoms with E-state index in [9.17, 15) is 4.48 Å². The maximum Gasteiger partial charge on any atom is 0.0316 e. The maximum atomic E-state index is 12.5. The van der Waals surface area contributed by atoms with E-state index in [2.05, 4.69) is 6.92 Å². The molecule has 0 aromatic rings. The highest BCUT2D eigenvalue weighted by Crippen LogP contribution is 2.15. The van der Waals surface area contributed by atoms with Crippen molar-refractivity contribution in [2.45, 2.75) is 26.2 Å². The smallest absolute Gasteiger partial charge is 0.0316 e. The van der Waals surface area contributed by atoms with Gasteiger partial charge in [0.25, 0.3) is 0 Å². The molecular weight excluding hydrogens is 117 g/mol. The molecule has 2 heteroatoms. The molecule has 1 unspecified atom stereocenters. The van der Waals surface area contributed by atoms with Gasteiger partial charge in [-0.15, -0.1) is 9.60 Å². The van der Waals surface area contributed by atoms with E-state index < -0.39 is 0 Å². The Bertz CT molecular complexity index is 75.0. The molecule has 54 valence electrons. The van der Waals surface area contributed by atoms with Crippen molar-refractivity contribution in [1.82, 2.24) is 5.12 Å². The Hall–Kier alpha value is -0.110. The number of halogens is 1. The zero-order valence-corrected chi connectivity index (χ0v) is 5.94. The van der Waals surface area contributed by atoms with Gasteiger partial charge in [0.15, 0.2) is 0 Å². The predicted molar refractivity (Wildman–Crippen MR) is 35.7 cm³/mol. The molecule has 0 radical (unpaired) electrons. The summed E-state index contributed by atoms with van der Waals surface area (Å²) in [7, 11) is 0. The van der Waals surface area contributed by atoms with Gasteiger partial charge >= 0.3 is 0 Å². The van der Waals surface area contributed by atoms with Gasteiger partial charge in [0.1, 0.15) is 0 Å². The van der Waals surface area contributed by atoms with Gasteiger partial charge in [-0.25, -0.2) is 0 Å². The van der Waals surface area contributed by atoms with Gasteiger partial charge in [0.2, 0.25) is 0 Å². The van der Waals surface area contributed by atoms with E-state index in [1.807, 2.05) is 0 Å². The van der Waals surface area contributed by atoms with Crippen LogP contribution in [0, 0.1) is 5.92 Å². The van der Waals surface area contributed by atoms with Gasteiger partial charge in [-0.2, -0.15) is 0 Å². The molecule has 0 spiro atoms. The van der Waals surface area contributed by atoms with Crippen molar-refractivity contribution in [3.05, 3.63) is 0 Å². The Morgan fingerprint density at radius 1 is 1.44 bits per heavy atom. The van der Waals surface area contributed by atoms with Crippen LogP contribution in [0.1, 0.15) is 26.2 Å². The van der Waals surface area contributed by atoms with Crippen LogP contribution in [-0.2, 0) is 0 Å². The Labute approximate surface area is 55.8 Å². The Balaban J connectivity index is 2.29. The van der Waals surface area contributed by atoms with Crippen LogP contribution in [0.15, 0.2) is 0 Å². The third kappa shape index (κ3) is 2.31. The Morgan fingerprint density at radius 2 is 2.22 bits per heavy atom. The third-order valence-electron chi connectivity index (χ3n) is 1.86. The van der Waals surface area contributed by atoms with E-state index >= 15 is 0 Å². The molecule has 1 aliphatic rings. The average Bonchev–Trinajstić information content (AvgIpc) is 1.93. The van der Waals surface area contributed by atoms with Crippen molar-refractivity contribution < 1.29 is 4.48 Å². The minimum Gasteiger partial charge on any atom is -0.146 e. The lowest BCUT2D eigenvalue weighted by Gasteiger charge is -2.10. The molecular formula is C7H14FN. The number of nitrogens with zero attached hydrogens (tertiary/aromatic N) is 1. The van der Waals surface area contributed by atoms with Crippen molar-refractivity contribution in [2.24, 2.45) is 5.92 Å². The van der Waals surface area contributed by atoms with Crippen molar-refractivity contribution >= 4 is 0 Å². The SMILES string of the molecule is CC1CCCCN(F)C1. The van der Waals surface area contributed by atoms with Crippen LogP contribution in [0.3, 0.4) is 0 Å². The first-order valence-corrected chi connectivity index (χ1v) is 3.70. The summed E-state index contributed by atoms with van der Waals surface area (Å²) in [5.41, 5.74) is 0. The molecule has 1 heterocycles. The number of rotatable bonds is 0. The van der Waals surface area contributed by atoms with E-state index in [1.165, 1.54) is 12.8 Å². The molecule has 1 fully saturated rings. The first-order valence-electron chi connectivity index (χ1n) is 3.70. The number of hydrogen-bond donors (Lipinski definition) is 0. The minimum absolute atomic E-state index is 0.553. The predicted octanol–water partition coefficient (Wildman–Crippen LogP) is 1.99.